The molecule has 12 heavy (non-hydrogen) atoms. The summed E-state index contributed by atoms with van der Waals surface area (Å²) in [6, 6.07) is 0. The van der Waals surface area contributed by atoms with Crippen LogP contribution in [0.5, 0.6) is 0 Å². The molecule has 3 heteroatoms. The minimum atomic E-state index is 0.0894. The van der Waals surface area contributed by atoms with Gasteiger partial charge in [0.25, 0.3) is 0 Å². The number of rotatable bonds is 5. The summed E-state index contributed by atoms with van der Waals surface area (Å²) in [5, 5.41) is 2.65. The fraction of sp³-hybridized carbons (Fsp3) is 0.889. The van der Waals surface area contributed by atoms with Gasteiger partial charge < -0.3 is 10.2 Å². The Hall–Kier alpha value is -0.570. The van der Waals surface area contributed by atoms with Gasteiger partial charge in [-0.05, 0) is 20.0 Å². The van der Waals surface area contributed by atoms with E-state index >= 15 is 0 Å². The van der Waals surface area contributed by atoms with E-state index in [1.54, 1.807) is 7.05 Å². The van der Waals surface area contributed by atoms with Crippen LogP contribution >= 0.6 is 0 Å². The molecule has 0 fully saturated rings. The zero-order valence-electron chi connectivity index (χ0n) is 8.55. The van der Waals surface area contributed by atoms with Gasteiger partial charge in [-0.3, -0.25) is 4.79 Å². The van der Waals surface area contributed by atoms with Crippen molar-refractivity contribution in [2.45, 2.75) is 20.3 Å². The van der Waals surface area contributed by atoms with Crippen molar-refractivity contribution in [1.29, 1.82) is 0 Å². The van der Waals surface area contributed by atoms with E-state index in [0.717, 1.165) is 19.5 Å². The van der Waals surface area contributed by atoms with Crippen LogP contribution in [0.1, 0.15) is 20.3 Å². The van der Waals surface area contributed by atoms with Gasteiger partial charge in [-0.1, -0.05) is 13.8 Å². The van der Waals surface area contributed by atoms with Crippen LogP contribution < -0.4 is 5.32 Å². The van der Waals surface area contributed by atoms with Crippen molar-refractivity contribution < 1.29 is 4.79 Å². The summed E-state index contributed by atoms with van der Waals surface area (Å²) in [5.41, 5.74) is 0. The summed E-state index contributed by atoms with van der Waals surface area (Å²) in [6.45, 7) is 5.99. The molecule has 0 aromatic rings. The van der Waals surface area contributed by atoms with Crippen molar-refractivity contribution in [1.82, 2.24) is 10.2 Å². The largest absolute Gasteiger partial charge is 0.359 e. The fourth-order valence-corrected chi connectivity index (χ4v) is 1.27. The van der Waals surface area contributed by atoms with Gasteiger partial charge in [-0.15, -0.1) is 0 Å². The second-order valence-electron chi connectivity index (χ2n) is 3.28. The molecule has 72 valence electrons. The second-order valence-corrected chi connectivity index (χ2v) is 3.28. The summed E-state index contributed by atoms with van der Waals surface area (Å²) in [6.07, 6.45) is 1.14. The molecule has 0 spiro atoms. The monoisotopic (exact) mass is 172 g/mol. The Kier molecular flexibility index (Phi) is 5.72. The van der Waals surface area contributed by atoms with Gasteiger partial charge in [0.05, 0.1) is 0 Å². The van der Waals surface area contributed by atoms with Crippen molar-refractivity contribution in [2.75, 3.05) is 27.2 Å². The molecule has 0 saturated heterocycles. The van der Waals surface area contributed by atoms with E-state index in [1.807, 2.05) is 14.0 Å². The van der Waals surface area contributed by atoms with Gasteiger partial charge in [0.15, 0.2) is 0 Å². The number of carbonyl (C=O) groups excluding carboxylic acids is 1. The lowest BCUT2D eigenvalue weighted by Gasteiger charge is -2.19. The van der Waals surface area contributed by atoms with Gasteiger partial charge in [0, 0.05) is 19.5 Å². The predicted octanol–water partition coefficient (Wildman–Crippen LogP) is 0.710. The van der Waals surface area contributed by atoms with Crippen molar-refractivity contribution >= 4 is 5.91 Å². The van der Waals surface area contributed by atoms with Crippen molar-refractivity contribution in [3.8, 4) is 0 Å². The molecule has 0 saturated carbocycles. The maximum atomic E-state index is 11.1. The number of carbonyl (C=O) groups is 1. The van der Waals surface area contributed by atoms with E-state index in [0.29, 0.717) is 0 Å². The first-order valence-corrected chi connectivity index (χ1v) is 4.52. The molecule has 0 aromatic heterocycles. The highest BCUT2D eigenvalue weighted by molar-refractivity contribution is 5.78. The highest BCUT2D eigenvalue weighted by Crippen LogP contribution is 1.98. The lowest BCUT2D eigenvalue weighted by atomic mass is 10.1. The van der Waals surface area contributed by atoms with Gasteiger partial charge in [0.2, 0.25) is 5.91 Å². The van der Waals surface area contributed by atoms with Crippen molar-refractivity contribution in [3.63, 3.8) is 0 Å². The molecule has 3 nitrogen and oxygen atoms in total. The first-order valence-electron chi connectivity index (χ1n) is 4.52. The Labute approximate surface area is 75.1 Å². The molecule has 1 atom stereocenters. The molecule has 0 heterocycles. The average Bonchev–Trinajstić information content (AvgIpc) is 2.03. The van der Waals surface area contributed by atoms with E-state index in [4.69, 9.17) is 0 Å². The molecule has 1 unspecified atom stereocenters. The lowest BCUT2D eigenvalue weighted by Crippen LogP contribution is -2.34. The lowest BCUT2D eigenvalue weighted by molar-refractivity contribution is -0.124. The molecule has 1 amide bonds. The number of nitrogens with zero attached hydrogens (tertiary/aromatic N) is 1. The van der Waals surface area contributed by atoms with Gasteiger partial charge in [-0.2, -0.15) is 0 Å². The van der Waals surface area contributed by atoms with Crippen LogP contribution in [0.25, 0.3) is 0 Å². The smallest absolute Gasteiger partial charge is 0.223 e. The normalized spacial score (nSPS) is 13.1. The minimum absolute atomic E-state index is 0.0894. The Morgan fingerprint density at radius 1 is 1.58 bits per heavy atom. The molecule has 1 N–H and O–H groups in total. The summed E-state index contributed by atoms with van der Waals surface area (Å²) in [7, 11) is 3.72. The third kappa shape index (κ3) is 4.34. The SMILES string of the molecule is CCCN(C)CC(C)C(=O)NC. The van der Waals surface area contributed by atoms with Crippen LogP contribution in [0, 0.1) is 5.92 Å². The van der Waals surface area contributed by atoms with Gasteiger partial charge >= 0.3 is 0 Å². The number of nitrogens with one attached hydrogen (secondary N) is 1. The Morgan fingerprint density at radius 2 is 2.17 bits per heavy atom. The van der Waals surface area contributed by atoms with Gasteiger partial charge in [-0.25, -0.2) is 0 Å². The van der Waals surface area contributed by atoms with Crippen molar-refractivity contribution in [2.24, 2.45) is 5.92 Å². The van der Waals surface area contributed by atoms with Gasteiger partial charge in [0.1, 0.15) is 0 Å². The molecule has 0 radical (unpaired) electrons. The zero-order chi connectivity index (χ0) is 9.56. The topological polar surface area (TPSA) is 32.3 Å². The molecule has 0 aromatic carbocycles. The highest BCUT2D eigenvalue weighted by atomic mass is 16.1. The minimum Gasteiger partial charge on any atom is -0.359 e. The maximum Gasteiger partial charge on any atom is 0.223 e. The highest BCUT2D eigenvalue weighted by Gasteiger charge is 2.12. The van der Waals surface area contributed by atoms with E-state index in [2.05, 4.69) is 17.1 Å². The summed E-state index contributed by atoms with van der Waals surface area (Å²) in [4.78, 5) is 13.3. The van der Waals surface area contributed by atoms with Crippen LogP contribution in [-0.4, -0.2) is 38.0 Å². The van der Waals surface area contributed by atoms with Crippen LogP contribution in [0.15, 0.2) is 0 Å². The Balaban J connectivity index is 3.67. The fourth-order valence-electron chi connectivity index (χ4n) is 1.27. The molecule has 0 aliphatic heterocycles. The molecular formula is C9H20N2O. The predicted molar refractivity (Wildman–Crippen MR) is 51.0 cm³/mol. The first-order chi connectivity index (χ1) is 5.61. The number of amides is 1. The third-order valence-electron chi connectivity index (χ3n) is 1.88. The second kappa shape index (κ2) is 6.00. The Morgan fingerprint density at radius 3 is 2.58 bits per heavy atom. The van der Waals surface area contributed by atoms with Crippen molar-refractivity contribution in [3.05, 3.63) is 0 Å². The Bertz CT molecular complexity index is 136. The van der Waals surface area contributed by atoms with E-state index in [9.17, 15) is 4.79 Å². The number of hydrogen-bond donors (Lipinski definition) is 1. The molecule has 0 aliphatic rings. The summed E-state index contributed by atoms with van der Waals surface area (Å²) in [5.74, 6) is 0.213. The molecule has 0 aliphatic carbocycles. The van der Waals surface area contributed by atoms with E-state index in [1.165, 1.54) is 0 Å². The standard InChI is InChI=1S/C9H20N2O/c1-5-6-11(4)7-8(2)9(12)10-3/h8H,5-7H2,1-4H3,(H,10,12). The van der Waals surface area contributed by atoms with Crippen LogP contribution in [0.2, 0.25) is 0 Å². The first kappa shape index (κ1) is 11.4. The average molecular weight is 172 g/mol. The third-order valence-corrected chi connectivity index (χ3v) is 1.88. The molecule has 0 rings (SSSR count). The molecule has 0 bridgehead atoms. The number of hydrogen-bond acceptors (Lipinski definition) is 2. The van der Waals surface area contributed by atoms with Crippen LogP contribution in [0.4, 0.5) is 0 Å². The maximum absolute atomic E-state index is 11.1. The summed E-state index contributed by atoms with van der Waals surface area (Å²) < 4.78 is 0. The van der Waals surface area contributed by atoms with Crippen LogP contribution in [0.3, 0.4) is 0 Å². The quantitative estimate of drug-likeness (QED) is 0.662. The summed E-state index contributed by atoms with van der Waals surface area (Å²) >= 11 is 0. The van der Waals surface area contributed by atoms with E-state index < -0.39 is 0 Å². The molecular weight excluding hydrogens is 152 g/mol. The van der Waals surface area contributed by atoms with Crippen LogP contribution in [-0.2, 0) is 4.79 Å². The van der Waals surface area contributed by atoms with E-state index in [-0.39, 0.29) is 11.8 Å². The zero-order valence-corrected chi connectivity index (χ0v) is 8.55.